The Morgan fingerprint density at radius 1 is 1.25 bits per heavy atom. The predicted molar refractivity (Wildman–Crippen MR) is 67.7 cm³/mol. The first-order chi connectivity index (χ1) is 7.75. The summed E-state index contributed by atoms with van der Waals surface area (Å²) in [6.45, 7) is 10.4. The molecule has 1 aliphatic rings. The number of aromatic nitrogens is 1. The molecular formula is C13H21N3. The predicted octanol–water partition coefficient (Wildman–Crippen LogP) is 1.86. The van der Waals surface area contributed by atoms with E-state index in [1.165, 1.54) is 25.3 Å². The first-order valence-corrected chi connectivity index (χ1v) is 6.13. The summed E-state index contributed by atoms with van der Waals surface area (Å²) in [4.78, 5) is 9.15. The summed E-state index contributed by atoms with van der Waals surface area (Å²) in [6.07, 6.45) is 3.79. The number of rotatable bonds is 3. The summed E-state index contributed by atoms with van der Waals surface area (Å²) in [6, 6.07) is 4.15. The average Bonchev–Trinajstić information content (AvgIpc) is 2.30. The van der Waals surface area contributed by atoms with E-state index >= 15 is 0 Å². The zero-order chi connectivity index (χ0) is 11.4. The second-order valence-corrected chi connectivity index (χ2v) is 4.89. The summed E-state index contributed by atoms with van der Waals surface area (Å²) in [5.74, 6) is 0.768. The van der Waals surface area contributed by atoms with Crippen LogP contribution in [0, 0.1) is 5.92 Å². The van der Waals surface area contributed by atoms with E-state index in [9.17, 15) is 0 Å². The van der Waals surface area contributed by atoms with Crippen molar-refractivity contribution in [3.63, 3.8) is 0 Å². The Morgan fingerprint density at radius 3 is 2.56 bits per heavy atom. The minimum Gasteiger partial charge on any atom is -0.368 e. The van der Waals surface area contributed by atoms with E-state index in [2.05, 4.69) is 34.7 Å². The summed E-state index contributed by atoms with van der Waals surface area (Å²) < 4.78 is 0. The highest BCUT2D eigenvalue weighted by molar-refractivity contribution is 5.43. The molecule has 1 saturated heterocycles. The molecule has 0 N–H and O–H groups in total. The second kappa shape index (κ2) is 5.30. The van der Waals surface area contributed by atoms with E-state index in [-0.39, 0.29) is 0 Å². The monoisotopic (exact) mass is 219 g/mol. The van der Waals surface area contributed by atoms with Gasteiger partial charge < -0.3 is 4.90 Å². The Balaban J connectivity index is 1.86. The summed E-state index contributed by atoms with van der Waals surface area (Å²) in [5.41, 5.74) is 1.26. The van der Waals surface area contributed by atoms with Gasteiger partial charge in [-0.15, -0.1) is 0 Å². The number of anilines is 1. The van der Waals surface area contributed by atoms with Crippen LogP contribution in [0.3, 0.4) is 0 Å². The van der Waals surface area contributed by atoms with Crippen molar-refractivity contribution < 1.29 is 0 Å². The van der Waals surface area contributed by atoms with Crippen molar-refractivity contribution in [2.45, 2.75) is 13.8 Å². The minimum absolute atomic E-state index is 0.768. The van der Waals surface area contributed by atoms with Gasteiger partial charge in [-0.05, 0) is 18.1 Å². The van der Waals surface area contributed by atoms with Crippen LogP contribution in [0.25, 0.3) is 0 Å². The average molecular weight is 219 g/mol. The van der Waals surface area contributed by atoms with Crippen molar-refractivity contribution in [3.8, 4) is 0 Å². The van der Waals surface area contributed by atoms with E-state index in [4.69, 9.17) is 0 Å². The lowest BCUT2D eigenvalue weighted by Gasteiger charge is -2.36. The summed E-state index contributed by atoms with van der Waals surface area (Å²) >= 11 is 0. The van der Waals surface area contributed by atoms with E-state index in [1.54, 1.807) is 0 Å². The topological polar surface area (TPSA) is 19.4 Å². The van der Waals surface area contributed by atoms with Gasteiger partial charge in [0.2, 0.25) is 0 Å². The van der Waals surface area contributed by atoms with Gasteiger partial charge in [-0.25, -0.2) is 0 Å². The minimum atomic E-state index is 0.768. The highest BCUT2D eigenvalue weighted by Crippen LogP contribution is 2.14. The molecule has 0 amide bonds. The quantitative estimate of drug-likeness (QED) is 0.773. The molecule has 0 unspecified atom stereocenters. The molecule has 0 saturated carbocycles. The molecule has 2 rings (SSSR count). The Hall–Kier alpha value is -1.09. The highest BCUT2D eigenvalue weighted by atomic mass is 15.3. The van der Waals surface area contributed by atoms with Crippen LogP contribution in [0.15, 0.2) is 24.5 Å². The molecule has 0 atom stereocenters. The normalized spacial score (nSPS) is 18.1. The van der Waals surface area contributed by atoms with Gasteiger partial charge in [0.1, 0.15) is 0 Å². The van der Waals surface area contributed by atoms with Crippen LogP contribution < -0.4 is 4.90 Å². The van der Waals surface area contributed by atoms with Crippen molar-refractivity contribution in [3.05, 3.63) is 24.5 Å². The van der Waals surface area contributed by atoms with Crippen LogP contribution in [-0.2, 0) is 0 Å². The highest BCUT2D eigenvalue weighted by Gasteiger charge is 2.17. The molecule has 1 aromatic rings. The largest absolute Gasteiger partial charge is 0.368 e. The Morgan fingerprint density at radius 2 is 2.00 bits per heavy atom. The van der Waals surface area contributed by atoms with E-state index in [1.807, 2.05) is 18.5 Å². The van der Waals surface area contributed by atoms with Crippen molar-refractivity contribution in [1.29, 1.82) is 0 Å². The molecule has 0 radical (unpaired) electrons. The lowest BCUT2D eigenvalue weighted by molar-refractivity contribution is 0.231. The van der Waals surface area contributed by atoms with Crippen LogP contribution >= 0.6 is 0 Å². The van der Waals surface area contributed by atoms with Crippen molar-refractivity contribution in [1.82, 2.24) is 9.88 Å². The molecule has 2 heterocycles. The van der Waals surface area contributed by atoms with Crippen LogP contribution in [0.1, 0.15) is 13.8 Å². The number of nitrogens with zero attached hydrogens (tertiary/aromatic N) is 3. The van der Waals surface area contributed by atoms with Crippen molar-refractivity contribution in [2.24, 2.45) is 5.92 Å². The molecule has 16 heavy (non-hydrogen) atoms. The number of pyridine rings is 1. The van der Waals surface area contributed by atoms with Gasteiger partial charge >= 0.3 is 0 Å². The summed E-state index contributed by atoms with van der Waals surface area (Å²) in [5, 5.41) is 0. The first kappa shape index (κ1) is 11.4. The van der Waals surface area contributed by atoms with Crippen molar-refractivity contribution in [2.75, 3.05) is 37.6 Å². The van der Waals surface area contributed by atoms with Gasteiger partial charge in [0, 0.05) is 38.9 Å². The number of hydrogen-bond acceptors (Lipinski definition) is 3. The molecule has 0 spiro atoms. The van der Waals surface area contributed by atoms with Crippen molar-refractivity contribution >= 4 is 5.69 Å². The molecule has 0 aliphatic carbocycles. The zero-order valence-electron chi connectivity index (χ0n) is 10.3. The molecule has 88 valence electrons. The maximum absolute atomic E-state index is 4.17. The SMILES string of the molecule is CC(C)CN1CCN(c2cccnc2)CC1. The Kier molecular flexibility index (Phi) is 3.78. The molecule has 3 heteroatoms. The van der Waals surface area contributed by atoms with Gasteiger partial charge in [0.05, 0.1) is 11.9 Å². The maximum atomic E-state index is 4.17. The van der Waals surface area contributed by atoms with Crippen LogP contribution in [0.5, 0.6) is 0 Å². The van der Waals surface area contributed by atoms with Crippen LogP contribution in [0.4, 0.5) is 5.69 Å². The lowest BCUT2D eigenvalue weighted by Crippen LogP contribution is -2.47. The van der Waals surface area contributed by atoms with E-state index < -0.39 is 0 Å². The number of hydrogen-bond donors (Lipinski definition) is 0. The fourth-order valence-electron chi connectivity index (χ4n) is 2.25. The van der Waals surface area contributed by atoms with E-state index in [0.29, 0.717) is 0 Å². The molecule has 1 aromatic heterocycles. The number of piperazine rings is 1. The third-order valence-corrected chi connectivity index (χ3v) is 3.01. The third-order valence-electron chi connectivity index (χ3n) is 3.01. The van der Waals surface area contributed by atoms with Crippen LogP contribution in [-0.4, -0.2) is 42.6 Å². The van der Waals surface area contributed by atoms with Gasteiger partial charge in [0.25, 0.3) is 0 Å². The first-order valence-electron chi connectivity index (χ1n) is 6.13. The summed E-state index contributed by atoms with van der Waals surface area (Å²) in [7, 11) is 0. The fourth-order valence-corrected chi connectivity index (χ4v) is 2.25. The lowest BCUT2D eigenvalue weighted by atomic mass is 10.2. The smallest absolute Gasteiger partial charge is 0.0553 e. The third kappa shape index (κ3) is 2.95. The zero-order valence-corrected chi connectivity index (χ0v) is 10.3. The molecule has 1 fully saturated rings. The molecule has 0 aromatic carbocycles. The molecular weight excluding hydrogens is 198 g/mol. The van der Waals surface area contributed by atoms with E-state index in [0.717, 1.165) is 19.0 Å². The van der Waals surface area contributed by atoms with Gasteiger partial charge in [-0.1, -0.05) is 13.8 Å². The molecule has 3 nitrogen and oxygen atoms in total. The Labute approximate surface area is 98.1 Å². The van der Waals surface area contributed by atoms with Gasteiger partial charge in [-0.2, -0.15) is 0 Å². The van der Waals surface area contributed by atoms with Gasteiger partial charge in [0.15, 0.2) is 0 Å². The molecule has 0 bridgehead atoms. The fraction of sp³-hybridized carbons (Fsp3) is 0.615. The van der Waals surface area contributed by atoms with Crippen LogP contribution in [0.2, 0.25) is 0 Å². The molecule has 1 aliphatic heterocycles. The van der Waals surface area contributed by atoms with Gasteiger partial charge in [-0.3, -0.25) is 9.88 Å². The second-order valence-electron chi connectivity index (χ2n) is 4.89. The maximum Gasteiger partial charge on any atom is 0.0553 e. The Bertz CT molecular complexity index is 302. The standard InChI is InChI=1S/C13H21N3/c1-12(2)11-15-6-8-16(9-7-15)13-4-3-5-14-10-13/h3-5,10,12H,6-9,11H2,1-2H3.